The summed E-state index contributed by atoms with van der Waals surface area (Å²) in [6, 6.07) is 0. The minimum atomic E-state index is -2.86. The predicted octanol–water partition coefficient (Wildman–Crippen LogP) is 0.167. The number of nitrogens with two attached hydrogens (primary N) is 1. The fraction of sp³-hybridized carbons (Fsp3) is 0.667. The molecule has 1 aromatic rings. The van der Waals surface area contributed by atoms with Crippen LogP contribution in [-0.2, 0) is 22.9 Å². The van der Waals surface area contributed by atoms with Crippen molar-refractivity contribution < 1.29 is 8.42 Å². The Morgan fingerprint density at radius 3 is 2.87 bits per heavy atom. The van der Waals surface area contributed by atoms with E-state index in [0.717, 1.165) is 5.82 Å². The molecule has 0 fully saturated rings. The van der Waals surface area contributed by atoms with Crippen LogP contribution in [0.1, 0.15) is 19.2 Å². The summed E-state index contributed by atoms with van der Waals surface area (Å²) >= 11 is 0. The summed E-state index contributed by atoms with van der Waals surface area (Å²) in [5, 5.41) is 0. The van der Waals surface area contributed by atoms with Crippen LogP contribution in [0.25, 0.3) is 0 Å². The molecule has 0 atom stereocenters. The number of aromatic nitrogens is 2. The Balaban J connectivity index is 2.45. The van der Waals surface area contributed by atoms with Gasteiger partial charge in [-0.05, 0) is 6.42 Å². The monoisotopic (exact) mass is 231 g/mol. The number of aryl methyl sites for hydroxylation is 1. The molecule has 0 amide bonds. The molecule has 15 heavy (non-hydrogen) atoms. The van der Waals surface area contributed by atoms with Gasteiger partial charge in [0.15, 0.2) is 0 Å². The molecule has 1 aromatic heterocycles. The highest BCUT2D eigenvalue weighted by Crippen LogP contribution is 2.01. The summed E-state index contributed by atoms with van der Waals surface area (Å²) in [6.45, 7) is 2.71. The van der Waals surface area contributed by atoms with Gasteiger partial charge in [-0.1, -0.05) is 6.92 Å². The minimum absolute atomic E-state index is 0.209. The van der Waals surface area contributed by atoms with Crippen molar-refractivity contribution in [3.05, 3.63) is 18.2 Å². The van der Waals surface area contributed by atoms with Crippen molar-refractivity contribution in [1.29, 1.82) is 0 Å². The fourth-order valence-corrected chi connectivity index (χ4v) is 2.19. The van der Waals surface area contributed by atoms with Crippen LogP contribution in [0.5, 0.6) is 0 Å². The van der Waals surface area contributed by atoms with Crippen LogP contribution in [0.4, 0.5) is 0 Å². The van der Waals surface area contributed by atoms with Crippen molar-refractivity contribution in [1.82, 2.24) is 9.55 Å². The third kappa shape index (κ3) is 3.64. The molecule has 1 rings (SSSR count). The van der Waals surface area contributed by atoms with Gasteiger partial charge in [-0.25, -0.2) is 13.4 Å². The van der Waals surface area contributed by atoms with Crippen LogP contribution >= 0.6 is 0 Å². The number of hydrogen-bond acceptors (Lipinski definition) is 4. The highest BCUT2D eigenvalue weighted by molar-refractivity contribution is 7.91. The molecule has 0 spiro atoms. The van der Waals surface area contributed by atoms with Gasteiger partial charge in [0.25, 0.3) is 0 Å². The van der Waals surface area contributed by atoms with E-state index in [0.29, 0.717) is 19.5 Å². The van der Waals surface area contributed by atoms with E-state index in [9.17, 15) is 8.42 Å². The van der Waals surface area contributed by atoms with Crippen molar-refractivity contribution in [2.24, 2.45) is 5.73 Å². The van der Waals surface area contributed by atoms with E-state index in [1.807, 2.05) is 10.8 Å². The second-order valence-electron chi connectivity index (χ2n) is 3.33. The van der Waals surface area contributed by atoms with E-state index in [4.69, 9.17) is 5.73 Å². The lowest BCUT2D eigenvalue weighted by Gasteiger charge is -2.05. The first-order valence-electron chi connectivity index (χ1n) is 4.99. The van der Waals surface area contributed by atoms with Crippen LogP contribution in [0, 0.1) is 0 Å². The van der Waals surface area contributed by atoms with Crippen molar-refractivity contribution in [2.75, 3.05) is 11.5 Å². The number of imidazole rings is 1. The van der Waals surface area contributed by atoms with Gasteiger partial charge in [-0.2, -0.15) is 0 Å². The lowest BCUT2D eigenvalue weighted by atomic mass is 10.4. The van der Waals surface area contributed by atoms with Gasteiger partial charge in [0.05, 0.1) is 12.3 Å². The molecular weight excluding hydrogens is 214 g/mol. The molecule has 2 N–H and O–H groups in total. The quantitative estimate of drug-likeness (QED) is 0.757. The van der Waals surface area contributed by atoms with Crippen LogP contribution in [0.2, 0.25) is 0 Å². The molecule has 0 unspecified atom stereocenters. The Morgan fingerprint density at radius 1 is 1.53 bits per heavy atom. The van der Waals surface area contributed by atoms with Gasteiger partial charge >= 0.3 is 0 Å². The molecule has 0 aliphatic rings. The van der Waals surface area contributed by atoms with E-state index >= 15 is 0 Å². The zero-order chi connectivity index (χ0) is 11.3. The van der Waals surface area contributed by atoms with Crippen molar-refractivity contribution in [3.63, 3.8) is 0 Å². The summed E-state index contributed by atoms with van der Waals surface area (Å²) in [5.41, 5.74) is 5.48. The van der Waals surface area contributed by atoms with Crippen LogP contribution in [0.3, 0.4) is 0 Å². The molecule has 0 aliphatic heterocycles. The normalized spacial score (nSPS) is 11.9. The largest absolute Gasteiger partial charge is 0.334 e. The number of nitrogens with zero attached hydrogens (tertiary/aromatic N) is 2. The molecule has 6 heteroatoms. The Labute approximate surface area is 90.2 Å². The fourth-order valence-electron chi connectivity index (χ4n) is 1.33. The maximum Gasteiger partial charge on any atom is 0.150 e. The highest BCUT2D eigenvalue weighted by atomic mass is 32.2. The smallest absolute Gasteiger partial charge is 0.150 e. The molecular formula is C9H17N3O2S. The van der Waals surface area contributed by atoms with E-state index in [1.54, 1.807) is 13.1 Å². The molecule has 0 saturated heterocycles. The molecule has 0 bridgehead atoms. The van der Waals surface area contributed by atoms with Crippen LogP contribution in [0.15, 0.2) is 12.4 Å². The number of sulfone groups is 1. The summed E-state index contributed by atoms with van der Waals surface area (Å²) in [7, 11) is -2.86. The van der Waals surface area contributed by atoms with Gasteiger partial charge in [0, 0.05) is 24.7 Å². The maximum atomic E-state index is 11.2. The van der Waals surface area contributed by atoms with Crippen molar-refractivity contribution in [3.8, 4) is 0 Å². The molecule has 0 saturated carbocycles. The lowest BCUT2D eigenvalue weighted by Crippen LogP contribution is -2.13. The first-order valence-corrected chi connectivity index (χ1v) is 6.81. The van der Waals surface area contributed by atoms with E-state index in [1.165, 1.54) is 0 Å². The Hall–Kier alpha value is -0.880. The Morgan fingerprint density at radius 2 is 2.27 bits per heavy atom. The van der Waals surface area contributed by atoms with Gasteiger partial charge in [-0.15, -0.1) is 0 Å². The van der Waals surface area contributed by atoms with Crippen molar-refractivity contribution in [2.45, 2.75) is 26.4 Å². The van der Waals surface area contributed by atoms with E-state index in [-0.39, 0.29) is 11.5 Å². The maximum absolute atomic E-state index is 11.2. The lowest BCUT2D eigenvalue weighted by molar-refractivity contribution is 0.583. The van der Waals surface area contributed by atoms with Gasteiger partial charge in [0.1, 0.15) is 15.7 Å². The minimum Gasteiger partial charge on any atom is -0.334 e. The Bertz CT molecular complexity index is 397. The topological polar surface area (TPSA) is 78.0 Å². The third-order valence-electron chi connectivity index (χ3n) is 2.28. The average molecular weight is 231 g/mol. The van der Waals surface area contributed by atoms with E-state index in [2.05, 4.69) is 4.98 Å². The molecule has 1 heterocycles. The summed E-state index contributed by atoms with van der Waals surface area (Å²) in [5.74, 6) is 1.23. The SMILES string of the molecule is CCS(=O)(=O)CCCn1ccnc1CN. The first-order chi connectivity index (χ1) is 7.09. The standard InChI is InChI=1S/C9H17N3O2S/c1-2-15(13,14)7-3-5-12-6-4-11-9(12)8-10/h4,6H,2-3,5,7-8,10H2,1H3. The van der Waals surface area contributed by atoms with Crippen molar-refractivity contribution >= 4 is 9.84 Å². The second-order valence-corrected chi connectivity index (χ2v) is 5.80. The van der Waals surface area contributed by atoms with E-state index < -0.39 is 9.84 Å². The van der Waals surface area contributed by atoms with Gasteiger partial charge in [0.2, 0.25) is 0 Å². The highest BCUT2D eigenvalue weighted by Gasteiger charge is 2.07. The predicted molar refractivity (Wildman–Crippen MR) is 59.1 cm³/mol. The Kier molecular flexibility index (Phi) is 4.28. The molecule has 0 aliphatic carbocycles. The first kappa shape index (κ1) is 12.2. The van der Waals surface area contributed by atoms with Crippen LogP contribution < -0.4 is 5.73 Å². The number of hydrogen-bond donors (Lipinski definition) is 1. The second kappa shape index (κ2) is 5.27. The molecule has 5 nitrogen and oxygen atoms in total. The number of rotatable bonds is 6. The molecule has 0 aromatic carbocycles. The summed E-state index contributed by atoms with van der Waals surface area (Å²) in [4.78, 5) is 4.06. The summed E-state index contributed by atoms with van der Waals surface area (Å²) < 4.78 is 24.4. The van der Waals surface area contributed by atoms with Gasteiger partial charge < -0.3 is 10.3 Å². The zero-order valence-corrected chi connectivity index (χ0v) is 9.70. The average Bonchev–Trinajstić information content (AvgIpc) is 2.65. The van der Waals surface area contributed by atoms with Crippen LogP contribution in [-0.4, -0.2) is 29.5 Å². The zero-order valence-electron chi connectivity index (χ0n) is 8.89. The molecule has 86 valence electrons. The molecule has 0 radical (unpaired) electrons. The third-order valence-corrected chi connectivity index (χ3v) is 4.07. The van der Waals surface area contributed by atoms with Gasteiger partial charge in [-0.3, -0.25) is 0 Å². The summed E-state index contributed by atoms with van der Waals surface area (Å²) in [6.07, 6.45) is 4.11.